The van der Waals surface area contributed by atoms with Crippen molar-refractivity contribution in [3.8, 4) is 0 Å². The first-order valence-corrected chi connectivity index (χ1v) is 8.28. The van der Waals surface area contributed by atoms with E-state index in [4.69, 9.17) is 5.73 Å². The molecule has 128 valence electrons. The second kappa shape index (κ2) is 7.02. The van der Waals surface area contributed by atoms with Crippen molar-refractivity contribution in [1.29, 1.82) is 0 Å². The predicted molar refractivity (Wildman–Crippen MR) is 87.8 cm³/mol. The van der Waals surface area contributed by atoms with Crippen LogP contribution in [0.5, 0.6) is 0 Å². The summed E-state index contributed by atoms with van der Waals surface area (Å²) in [5.74, 6) is -0.451. The van der Waals surface area contributed by atoms with Gasteiger partial charge in [-0.05, 0) is 33.1 Å². The molecule has 0 atom stereocenters. The molecule has 1 saturated carbocycles. The van der Waals surface area contributed by atoms with Gasteiger partial charge in [0.2, 0.25) is 5.91 Å². The zero-order valence-corrected chi connectivity index (χ0v) is 14.2. The highest BCUT2D eigenvalue weighted by Crippen LogP contribution is 2.29. The lowest BCUT2D eigenvalue weighted by molar-refractivity contribution is -0.123. The fourth-order valence-electron chi connectivity index (χ4n) is 3.26. The van der Waals surface area contributed by atoms with E-state index in [9.17, 15) is 9.59 Å². The zero-order valence-electron chi connectivity index (χ0n) is 14.2. The van der Waals surface area contributed by atoms with Gasteiger partial charge in [0.15, 0.2) is 0 Å². The largest absolute Gasteiger partial charge is 0.368 e. The predicted octanol–water partition coefficient (Wildman–Crippen LogP) is 1.51. The monoisotopic (exact) mass is 321 g/mol. The molecule has 23 heavy (non-hydrogen) atoms. The van der Waals surface area contributed by atoms with Gasteiger partial charge >= 0.3 is 6.03 Å². The highest BCUT2D eigenvalue weighted by atomic mass is 16.2. The number of rotatable bonds is 6. The quantitative estimate of drug-likeness (QED) is 0.740. The summed E-state index contributed by atoms with van der Waals surface area (Å²) < 4.78 is 1.96. The highest BCUT2D eigenvalue weighted by Gasteiger charge is 2.40. The molecule has 2 rings (SSSR count). The number of primary amides is 1. The molecule has 3 amide bonds. The lowest BCUT2D eigenvalue weighted by atomic mass is 9.97. The van der Waals surface area contributed by atoms with Gasteiger partial charge in [-0.15, -0.1) is 0 Å². The van der Waals surface area contributed by atoms with Crippen LogP contribution in [0.15, 0.2) is 0 Å². The fourth-order valence-corrected chi connectivity index (χ4v) is 3.26. The van der Waals surface area contributed by atoms with Crippen molar-refractivity contribution in [1.82, 2.24) is 20.4 Å². The van der Waals surface area contributed by atoms with Gasteiger partial charge in [-0.2, -0.15) is 5.10 Å². The number of carbonyl (C=O) groups is 2. The first-order chi connectivity index (χ1) is 10.9. The summed E-state index contributed by atoms with van der Waals surface area (Å²) in [7, 11) is 0. The fraction of sp³-hybridized carbons (Fsp3) is 0.688. The zero-order chi connectivity index (χ0) is 17.0. The molecule has 7 nitrogen and oxygen atoms in total. The van der Waals surface area contributed by atoms with Crippen LogP contribution in [0, 0.1) is 13.8 Å². The van der Waals surface area contributed by atoms with Crippen molar-refractivity contribution in [2.75, 3.05) is 0 Å². The van der Waals surface area contributed by atoms with Crippen molar-refractivity contribution in [3.05, 3.63) is 17.0 Å². The molecule has 7 heteroatoms. The first kappa shape index (κ1) is 17.3. The number of nitrogens with zero attached hydrogens (tertiary/aromatic N) is 2. The molecule has 1 aliphatic carbocycles. The van der Waals surface area contributed by atoms with Gasteiger partial charge in [-0.25, -0.2) is 4.79 Å². The lowest BCUT2D eigenvalue weighted by Crippen LogP contribution is -2.57. The molecule has 1 aliphatic rings. The second-order valence-electron chi connectivity index (χ2n) is 6.33. The summed E-state index contributed by atoms with van der Waals surface area (Å²) in [6.45, 7) is 7.31. The van der Waals surface area contributed by atoms with Crippen LogP contribution in [0.2, 0.25) is 0 Å². The number of carbonyl (C=O) groups excluding carboxylic acids is 2. The minimum Gasteiger partial charge on any atom is -0.368 e. The van der Waals surface area contributed by atoms with E-state index in [1.54, 1.807) is 0 Å². The molecule has 0 unspecified atom stereocenters. The van der Waals surface area contributed by atoms with Crippen molar-refractivity contribution in [2.24, 2.45) is 5.73 Å². The van der Waals surface area contributed by atoms with Crippen LogP contribution in [0.1, 0.15) is 56.0 Å². The van der Waals surface area contributed by atoms with Crippen molar-refractivity contribution >= 4 is 11.9 Å². The summed E-state index contributed by atoms with van der Waals surface area (Å²) in [6.07, 6.45) is 4.05. The molecule has 1 heterocycles. The number of hydrogen-bond donors (Lipinski definition) is 3. The molecule has 1 aromatic heterocycles. The molecular weight excluding hydrogens is 294 g/mol. The molecule has 0 saturated heterocycles. The Bertz CT molecular complexity index is 588. The second-order valence-corrected chi connectivity index (χ2v) is 6.33. The molecular formula is C16H27N5O2. The number of nitrogens with two attached hydrogens (primary N) is 1. The molecule has 0 aliphatic heterocycles. The number of aryl methyl sites for hydroxylation is 2. The lowest BCUT2D eigenvalue weighted by Gasteiger charge is -2.26. The van der Waals surface area contributed by atoms with Gasteiger partial charge in [0, 0.05) is 24.3 Å². The van der Waals surface area contributed by atoms with Crippen LogP contribution in [-0.2, 0) is 17.9 Å². The van der Waals surface area contributed by atoms with E-state index in [0.717, 1.165) is 42.8 Å². The molecule has 0 bridgehead atoms. The maximum absolute atomic E-state index is 12.2. The Hall–Kier alpha value is -2.05. The van der Waals surface area contributed by atoms with Crippen LogP contribution >= 0.6 is 0 Å². The van der Waals surface area contributed by atoms with E-state index in [1.165, 1.54) is 0 Å². The Kier molecular flexibility index (Phi) is 5.28. The van der Waals surface area contributed by atoms with Gasteiger partial charge in [0.25, 0.3) is 0 Å². The summed E-state index contributed by atoms with van der Waals surface area (Å²) >= 11 is 0. The number of nitrogens with one attached hydrogen (secondary N) is 2. The van der Waals surface area contributed by atoms with Gasteiger partial charge < -0.3 is 16.4 Å². The molecule has 1 fully saturated rings. The molecule has 0 aromatic carbocycles. The third-order valence-corrected chi connectivity index (χ3v) is 4.67. The number of aromatic nitrogens is 2. The Balaban J connectivity index is 1.98. The van der Waals surface area contributed by atoms with Crippen LogP contribution in [0.3, 0.4) is 0 Å². The SMILES string of the molecule is CCCn1nc(C)c(CNC(=O)NC2(C(N)=O)CCCC2)c1C. The summed E-state index contributed by atoms with van der Waals surface area (Å²) in [5.41, 5.74) is 7.59. The van der Waals surface area contributed by atoms with E-state index in [-0.39, 0.29) is 6.03 Å². The topological polar surface area (TPSA) is 102 Å². The smallest absolute Gasteiger partial charge is 0.315 e. The van der Waals surface area contributed by atoms with Gasteiger partial charge in [0.05, 0.1) is 5.69 Å². The van der Waals surface area contributed by atoms with E-state index in [0.29, 0.717) is 19.4 Å². The Labute approximate surface area is 137 Å². The minimum atomic E-state index is -0.888. The van der Waals surface area contributed by atoms with E-state index >= 15 is 0 Å². The standard InChI is InChI=1S/C16H27N5O2/c1-4-9-21-12(3)13(11(2)20-21)10-18-15(23)19-16(14(17)22)7-5-6-8-16/h4-10H2,1-3H3,(H2,17,22)(H2,18,19,23). The highest BCUT2D eigenvalue weighted by molar-refractivity contribution is 5.90. The summed E-state index contributed by atoms with van der Waals surface area (Å²) in [4.78, 5) is 23.9. The summed E-state index contributed by atoms with van der Waals surface area (Å²) in [6, 6.07) is -0.354. The van der Waals surface area contributed by atoms with Gasteiger partial charge in [0.1, 0.15) is 5.54 Å². The maximum atomic E-state index is 12.2. The Morgan fingerprint density at radius 2 is 1.96 bits per heavy atom. The summed E-state index contributed by atoms with van der Waals surface area (Å²) in [5, 5.41) is 10.1. The third-order valence-electron chi connectivity index (χ3n) is 4.67. The van der Waals surface area contributed by atoms with Crippen molar-refractivity contribution in [3.63, 3.8) is 0 Å². The van der Waals surface area contributed by atoms with Crippen molar-refractivity contribution < 1.29 is 9.59 Å². The van der Waals surface area contributed by atoms with Crippen LogP contribution in [0.25, 0.3) is 0 Å². The minimum absolute atomic E-state index is 0.354. The normalized spacial score (nSPS) is 16.3. The van der Waals surface area contributed by atoms with Gasteiger partial charge in [-0.3, -0.25) is 9.48 Å². The van der Waals surface area contributed by atoms with E-state index < -0.39 is 11.4 Å². The van der Waals surface area contributed by atoms with E-state index in [1.807, 2.05) is 18.5 Å². The Morgan fingerprint density at radius 3 is 2.52 bits per heavy atom. The van der Waals surface area contributed by atoms with Crippen LogP contribution in [0.4, 0.5) is 4.79 Å². The van der Waals surface area contributed by atoms with Crippen molar-refractivity contribution in [2.45, 2.75) is 71.5 Å². The average Bonchev–Trinajstić information content (AvgIpc) is 3.05. The molecule has 4 N–H and O–H groups in total. The molecule has 0 radical (unpaired) electrons. The molecule has 0 spiro atoms. The van der Waals surface area contributed by atoms with Gasteiger partial charge in [-0.1, -0.05) is 19.8 Å². The Morgan fingerprint density at radius 1 is 1.30 bits per heavy atom. The first-order valence-electron chi connectivity index (χ1n) is 8.28. The number of amides is 3. The maximum Gasteiger partial charge on any atom is 0.315 e. The number of urea groups is 1. The number of hydrogen-bond acceptors (Lipinski definition) is 3. The van der Waals surface area contributed by atoms with Crippen LogP contribution in [-0.4, -0.2) is 27.3 Å². The van der Waals surface area contributed by atoms with Crippen LogP contribution < -0.4 is 16.4 Å². The molecule has 1 aromatic rings. The third kappa shape index (κ3) is 3.65. The average molecular weight is 321 g/mol. The van der Waals surface area contributed by atoms with E-state index in [2.05, 4.69) is 22.7 Å².